The average molecular weight is 378 g/mol. The van der Waals surface area contributed by atoms with Crippen LogP contribution in [0.5, 0.6) is 17.2 Å². The second kappa shape index (κ2) is 10.6. The van der Waals surface area contributed by atoms with Gasteiger partial charge in [-0.2, -0.15) is 0 Å². The lowest BCUT2D eigenvalue weighted by atomic mass is 10.2. The summed E-state index contributed by atoms with van der Waals surface area (Å²) in [5.74, 6) is 1.84. The van der Waals surface area contributed by atoms with Crippen LogP contribution in [0, 0.1) is 0 Å². The first-order valence-corrected chi connectivity index (χ1v) is 8.99. The Kier molecular flexibility index (Phi) is 8.09. The zero-order valence-electron chi connectivity index (χ0n) is 15.1. The highest BCUT2D eigenvalue weighted by molar-refractivity contribution is 6.30. The molecule has 0 spiro atoms. The van der Waals surface area contributed by atoms with Crippen molar-refractivity contribution >= 4 is 17.5 Å². The highest BCUT2D eigenvalue weighted by atomic mass is 35.5. The number of benzene rings is 2. The number of carbonyl (C=O) groups is 1. The van der Waals surface area contributed by atoms with Crippen molar-refractivity contribution in [3.63, 3.8) is 0 Å². The van der Waals surface area contributed by atoms with Crippen molar-refractivity contribution in [3.05, 3.63) is 53.1 Å². The molecule has 140 valence electrons. The summed E-state index contributed by atoms with van der Waals surface area (Å²) in [4.78, 5) is 12.2. The van der Waals surface area contributed by atoms with E-state index in [1.807, 2.05) is 19.1 Å². The van der Waals surface area contributed by atoms with Gasteiger partial charge in [-0.25, -0.2) is 0 Å². The topological polar surface area (TPSA) is 56.8 Å². The van der Waals surface area contributed by atoms with Gasteiger partial charge in [0.25, 0.3) is 5.91 Å². The third-order valence-electron chi connectivity index (χ3n) is 3.66. The fraction of sp³-hybridized carbons (Fsp3) is 0.350. The molecule has 1 N–H and O–H groups in total. The number of halogens is 1. The molecular formula is C20H24ClNO4. The Morgan fingerprint density at radius 2 is 1.81 bits per heavy atom. The second-order valence-corrected chi connectivity index (χ2v) is 6.00. The Bertz CT molecular complexity index is 703. The van der Waals surface area contributed by atoms with Crippen LogP contribution in [-0.2, 0) is 0 Å². The van der Waals surface area contributed by atoms with Crippen molar-refractivity contribution in [2.24, 2.45) is 0 Å². The van der Waals surface area contributed by atoms with Crippen LogP contribution in [0.25, 0.3) is 0 Å². The number of unbranched alkanes of at least 4 members (excludes halogenated alkanes) is 1. The number of ether oxygens (including phenoxy) is 3. The van der Waals surface area contributed by atoms with Gasteiger partial charge in [0, 0.05) is 17.1 Å². The molecule has 0 saturated carbocycles. The smallest absolute Gasteiger partial charge is 0.251 e. The van der Waals surface area contributed by atoms with E-state index in [-0.39, 0.29) is 5.91 Å². The third kappa shape index (κ3) is 6.15. The maximum absolute atomic E-state index is 12.2. The monoisotopic (exact) mass is 377 g/mol. The zero-order chi connectivity index (χ0) is 18.8. The summed E-state index contributed by atoms with van der Waals surface area (Å²) in [6.45, 7) is 3.61. The first-order valence-electron chi connectivity index (χ1n) is 8.61. The lowest BCUT2D eigenvalue weighted by Gasteiger charge is -2.11. The summed E-state index contributed by atoms with van der Waals surface area (Å²) in [5, 5.41) is 3.59. The third-order valence-corrected chi connectivity index (χ3v) is 3.92. The molecule has 0 radical (unpaired) electrons. The number of rotatable bonds is 10. The van der Waals surface area contributed by atoms with E-state index in [0.717, 1.165) is 18.6 Å². The number of amides is 1. The van der Waals surface area contributed by atoms with Crippen LogP contribution in [0.4, 0.5) is 0 Å². The highest BCUT2D eigenvalue weighted by Crippen LogP contribution is 2.28. The molecule has 0 aliphatic carbocycles. The lowest BCUT2D eigenvalue weighted by molar-refractivity contribution is 0.0952. The molecule has 0 fully saturated rings. The Morgan fingerprint density at radius 3 is 2.50 bits per heavy atom. The average Bonchev–Trinajstić information content (AvgIpc) is 2.66. The molecule has 2 rings (SSSR count). The number of hydrogen-bond donors (Lipinski definition) is 1. The minimum atomic E-state index is -0.134. The molecule has 0 aliphatic rings. The van der Waals surface area contributed by atoms with Crippen molar-refractivity contribution in [1.82, 2.24) is 5.32 Å². The first-order chi connectivity index (χ1) is 12.6. The quantitative estimate of drug-likeness (QED) is 0.626. The van der Waals surface area contributed by atoms with Crippen LogP contribution in [0.15, 0.2) is 42.5 Å². The van der Waals surface area contributed by atoms with Crippen LogP contribution >= 0.6 is 11.6 Å². The Labute approximate surface area is 159 Å². The molecule has 26 heavy (non-hydrogen) atoms. The van der Waals surface area contributed by atoms with Gasteiger partial charge in [-0.05, 0) is 62.2 Å². The number of nitrogens with one attached hydrogen (secondary N) is 1. The summed E-state index contributed by atoms with van der Waals surface area (Å²) < 4.78 is 16.3. The van der Waals surface area contributed by atoms with E-state index >= 15 is 0 Å². The van der Waals surface area contributed by atoms with E-state index in [4.69, 9.17) is 25.8 Å². The number of carbonyl (C=O) groups excluding carboxylic acids is 1. The summed E-state index contributed by atoms with van der Waals surface area (Å²) in [7, 11) is 1.56. The predicted octanol–water partition coefficient (Wildman–Crippen LogP) is 4.34. The summed E-state index contributed by atoms with van der Waals surface area (Å²) in [6, 6.07) is 12.4. The second-order valence-electron chi connectivity index (χ2n) is 5.56. The van der Waals surface area contributed by atoms with E-state index in [1.165, 1.54) is 0 Å². The van der Waals surface area contributed by atoms with Crippen LogP contribution < -0.4 is 19.5 Å². The van der Waals surface area contributed by atoms with E-state index in [1.54, 1.807) is 37.4 Å². The fourth-order valence-corrected chi connectivity index (χ4v) is 2.46. The molecule has 2 aromatic rings. The van der Waals surface area contributed by atoms with Crippen LogP contribution in [-0.4, -0.2) is 32.8 Å². The standard InChI is InChI=1S/C20H24ClNO4/c1-3-25-18-11-6-15(14-19(18)24-2)20(23)22-12-4-5-13-26-17-9-7-16(21)8-10-17/h6-11,14H,3-5,12-13H2,1-2H3,(H,22,23). The first kappa shape index (κ1) is 19.9. The highest BCUT2D eigenvalue weighted by Gasteiger charge is 2.10. The Morgan fingerprint density at radius 1 is 1.04 bits per heavy atom. The van der Waals surface area contributed by atoms with Crippen molar-refractivity contribution in [1.29, 1.82) is 0 Å². The lowest BCUT2D eigenvalue weighted by Crippen LogP contribution is -2.24. The summed E-state index contributed by atoms with van der Waals surface area (Å²) in [6.07, 6.45) is 1.67. The molecule has 2 aromatic carbocycles. The summed E-state index contributed by atoms with van der Waals surface area (Å²) in [5.41, 5.74) is 0.544. The van der Waals surface area contributed by atoms with Crippen molar-refractivity contribution in [2.45, 2.75) is 19.8 Å². The largest absolute Gasteiger partial charge is 0.494 e. The van der Waals surface area contributed by atoms with E-state index < -0.39 is 0 Å². The minimum Gasteiger partial charge on any atom is -0.494 e. The molecule has 0 aliphatic heterocycles. The maximum Gasteiger partial charge on any atom is 0.251 e. The molecule has 0 saturated heterocycles. The van der Waals surface area contributed by atoms with Gasteiger partial charge in [0.2, 0.25) is 0 Å². The Balaban J connectivity index is 1.70. The molecule has 0 unspecified atom stereocenters. The van der Waals surface area contributed by atoms with Crippen LogP contribution in [0.1, 0.15) is 30.1 Å². The van der Waals surface area contributed by atoms with Gasteiger partial charge in [-0.1, -0.05) is 11.6 Å². The van der Waals surface area contributed by atoms with Crippen molar-refractivity contribution in [3.8, 4) is 17.2 Å². The molecule has 0 aromatic heterocycles. The zero-order valence-corrected chi connectivity index (χ0v) is 15.8. The van der Waals surface area contributed by atoms with E-state index in [0.29, 0.717) is 41.8 Å². The van der Waals surface area contributed by atoms with Gasteiger partial charge < -0.3 is 19.5 Å². The summed E-state index contributed by atoms with van der Waals surface area (Å²) >= 11 is 5.83. The van der Waals surface area contributed by atoms with Gasteiger partial charge in [-0.3, -0.25) is 4.79 Å². The number of methoxy groups -OCH3 is 1. The molecule has 0 atom stereocenters. The SMILES string of the molecule is CCOc1ccc(C(=O)NCCCCOc2ccc(Cl)cc2)cc1OC. The van der Waals surface area contributed by atoms with Gasteiger partial charge in [0.15, 0.2) is 11.5 Å². The predicted molar refractivity (Wildman–Crippen MR) is 103 cm³/mol. The molecule has 1 amide bonds. The van der Waals surface area contributed by atoms with E-state index in [9.17, 15) is 4.79 Å². The Hall–Kier alpha value is -2.40. The van der Waals surface area contributed by atoms with Gasteiger partial charge >= 0.3 is 0 Å². The molecule has 0 heterocycles. The molecule has 5 nitrogen and oxygen atoms in total. The fourth-order valence-electron chi connectivity index (χ4n) is 2.34. The molecule has 6 heteroatoms. The van der Waals surface area contributed by atoms with Crippen molar-refractivity contribution in [2.75, 3.05) is 26.9 Å². The van der Waals surface area contributed by atoms with Gasteiger partial charge in [-0.15, -0.1) is 0 Å². The molecular weight excluding hydrogens is 354 g/mol. The van der Waals surface area contributed by atoms with E-state index in [2.05, 4.69) is 5.32 Å². The normalized spacial score (nSPS) is 10.3. The van der Waals surface area contributed by atoms with Gasteiger partial charge in [0.05, 0.1) is 20.3 Å². The van der Waals surface area contributed by atoms with Crippen LogP contribution in [0.2, 0.25) is 5.02 Å². The van der Waals surface area contributed by atoms with Gasteiger partial charge in [0.1, 0.15) is 5.75 Å². The van der Waals surface area contributed by atoms with Crippen LogP contribution in [0.3, 0.4) is 0 Å². The van der Waals surface area contributed by atoms with Crippen molar-refractivity contribution < 1.29 is 19.0 Å². The number of hydrogen-bond acceptors (Lipinski definition) is 4. The minimum absolute atomic E-state index is 0.134. The molecule has 0 bridgehead atoms. The maximum atomic E-state index is 12.2.